The van der Waals surface area contributed by atoms with Crippen LogP contribution in [0.5, 0.6) is 0 Å². The van der Waals surface area contributed by atoms with Gasteiger partial charge in [0.2, 0.25) is 15.2 Å². The van der Waals surface area contributed by atoms with Crippen LogP contribution in [0.2, 0.25) is 0 Å². The Labute approximate surface area is 145 Å². The minimum atomic E-state index is -3.65. The zero-order chi connectivity index (χ0) is 17.7. The zero-order valence-electron chi connectivity index (χ0n) is 13.7. The van der Waals surface area contributed by atoms with Gasteiger partial charge in [-0.05, 0) is 38.5 Å². The van der Waals surface area contributed by atoms with Crippen LogP contribution >= 0.6 is 11.3 Å². The third kappa shape index (κ3) is 4.83. The lowest BCUT2D eigenvalue weighted by Crippen LogP contribution is -2.30. The lowest BCUT2D eigenvalue weighted by Gasteiger charge is -2.10. The maximum absolute atomic E-state index is 12.3. The van der Waals surface area contributed by atoms with Crippen molar-refractivity contribution in [3.8, 4) is 0 Å². The molecule has 0 unspecified atom stereocenters. The number of nitrogens with zero attached hydrogens (tertiary/aromatic N) is 2. The van der Waals surface area contributed by atoms with E-state index >= 15 is 0 Å². The molecule has 0 spiro atoms. The Bertz CT molecular complexity index is 816. The van der Waals surface area contributed by atoms with Crippen molar-refractivity contribution in [2.24, 2.45) is 0 Å². The fourth-order valence-electron chi connectivity index (χ4n) is 1.97. The average molecular weight is 368 g/mol. The number of benzene rings is 1. The van der Waals surface area contributed by atoms with Crippen LogP contribution < -0.4 is 10.0 Å². The number of nitrogens with one attached hydrogen (secondary N) is 2. The first-order chi connectivity index (χ1) is 11.3. The van der Waals surface area contributed by atoms with Crippen molar-refractivity contribution in [2.75, 3.05) is 5.32 Å². The predicted molar refractivity (Wildman–Crippen MR) is 93.8 cm³/mol. The summed E-state index contributed by atoms with van der Waals surface area (Å²) in [5, 5.41) is 11.8. The summed E-state index contributed by atoms with van der Waals surface area (Å²) in [6.07, 6.45) is 1.76. The molecule has 1 aromatic carbocycles. The van der Waals surface area contributed by atoms with Gasteiger partial charge in [0.1, 0.15) is 5.01 Å². The average Bonchev–Trinajstić information content (AvgIpc) is 2.94. The van der Waals surface area contributed by atoms with E-state index in [-0.39, 0.29) is 16.5 Å². The predicted octanol–water partition coefficient (Wildman–Crippen LogP) is 2.43. The fraction of sp³-hybridized carbons (Fsp3) is 0.400. The van der Waals surface area contributed by atoms with Crippen LogP contribution in [0.3, 0.4) is 0 Å². The molecule has 0 aliphatic rings. The van der Waals surface area contributed by atoms with E-state index in [1.165, 1.54) is 29.5 Å². The summed E-state index contributed by atoms with van der Waals surface area (Å²) in [5.41, 5.74) is 0.244. The van der Waals surface area contributed by atoms with Gasteiger partial charge in [0, 0.05) is 18.0 Å². The molecular weight excluding hydrogens is 348 g/mol. The van der Waals surface area contributed by atoms with E-state index in [9.17, 15) is 13.2 Å². The molecule has 9 heteroatoms. The molecule has 0 saturated carbocycles. The van der Waals surface area contributed by atoms with Crippen molar-refractivity contribution in [2.45, 2.75) is 44.6 Å². The summed E-state index contributed by atoms with van der Waals surface area (Å²) in [4.78, 5) is 12.3. The van der Waals surface area contributed by atoms with Crippen LogP contribution in [0.25, 0.3) is 0 Å². The summed E-state index contributed by atoms with van der Waals surface area (Å²) in [7, 11) is -3.65. The maximum atomic E-state index is 12.3. The Balaban J connectivity index is 2.16. The van der Waals surface area contributed by atoms with E-state index in [1.54, 1.807) is 19.9 Å². The van der Waals surface area contributed by atoms with Crippen molar-refractivity contribution >= 4 is 32.4 Å². The second-order valence-electron chi connectivity index (χ2n) is 5.51. The van der Waals surface area contributed by atoms with Crippen molar-refractivity contribution in [1.82, 2.24) is 14.9 Å². The SMILES string of the molecule is CCCc1nnc(NC(=O)c2cccc(S(=O)(=O)NC(C)C)c2)s1. The third-order valence-corrected chi connectivity index (χ3v) is 5.50. The Morgan fingerprint density at radius 2 is 2.04 bits per heavy atom. The van der Waals surface area contributed by atoms with E-state index in [4.69, 9.17) is 0 Å². The standard InChI is InChI=1S/C15H20N4O3S2/c1-4-6-13-17-18-15(23-13)16-14(20)11-7-5-8-12(9-11)24(21,22)19-10(2)3/h5,7-10,19H,4,6H2,1-3H3,(H,16,18,20). The van der Waals surface area contributed by atoms with Crippen LogP contribution in [0.15, 0.2) is 29.2 Å². The van der Waals surface area contributed by atoms with Crippen LogP contribution in [0.4, 0.5) is 5.13 Å². The molecule has 0 saturated heterocycles. The Morgan fingerprint density at radius 1 is 1.29 bits per heavy atom. The number of amides is 1. The van der Waals surface area contributed by atoms with Gasteiger partial charge in [-0.3, -0.25) is 10.1 Å². The topological polar surface area (TPSA) is 101 Å². The van der Waals surface area contributed by atoms with E-state index in [2.05, 4.69) is 20.2 Å². The van der Waals surface area contributed by atoms with Gasteiger partial charge in [0.15, 0.2) is 0 Å². The number of aryl methyl sites for hydroxylation is 1. The number of carbonyl (C=O) groups is 1. The van der Waals surface area contributed by atoms with Crippen LogP contribution in [-0.2, 0) is 16.4 Å². The van der Waals surface area contributed by atoms with Gasteiger partial charge in [0.05, 0.1) is 4.90 Å². The highest BCUT2D eigenvalue weighted by Gasteiger charge is 2.18. The summed E-state index contributed by atoms with van der Waals surface area (Å²) in [6, 6.07) is 5.65. The highest BCUT2D eigenvalue weighted by Crippen LogP contribution is 2.18. The van der Waals surface area contributed by atoms with Gasteiger partial charge in [-0.1, -0.05) is 24.3 Å². The van der Waals surface area contributed by atoms with Gasteiger partial charge >= 0.3 is 0 Å². The lowest BCUT2D eigenvalue weighted by molar-refractivity contribution is 0.102. The molecule has 0 aliphatic carbocycles. The van der Waals surface area contributed by atoms with Crippen molar-refractivity contribution in [1.29, 1.82) is 0 Å². The summed E-state index contributed by atoms with van der Waals surface area (Å²) >= 11 is 1.31. The highest BCUT2D eigenvalue weighted by atomic mass is 32.2. The monoisotopic (exact) mass is 368 g/mol. The fourth-order valence-corrected chi connectivity index (χ4v) is 4.10. The van der Waals surface area contributed by atoms with Gasteiger partial charge in [-0.2, -0.15) is 0 Å². The Kier molecular flexibility index (Phi) is 6.03. The number of aromatic nitrogens is 2. The van der Waals surface area contributed by atoms with Crippen molar-refractivity contribution in [3.05, 3.63) is 34.8 Å². The largest absolute Gasteiger partial charge is 0.296 e. The molecule has 1 heterocycles. The van der Waals surface area contributed by atoms with Crippen molar-refractivity contribution < 1.29 is 13.2 Å². The third-order valence-electron chi connectivity index (χ3n) is 2.95. The first-order valence-electron chi connectivity index (χ1n) is 7.58. The van der Waals surface area contributed by atoms with Crippen LogP contribution in [0.1, 0.15) is 42.6 Å². The second kappa shape index (κ2) is 7.82. The van der Waals surface area contributed by atoms with Gasteiger partial charge in [-0.25, -0.2) is 13.1 Å². The van der Waals surface area contributed by atoms with Gasteiger partial charge in [0.25, 0.3) is 5.91 Å². The molecule has 0 fully saturated rings. The molecular formula is C15H20N4O3S2. The van der Waals surface area contributed by atoms with E-state index in [0.717, 1.165) is 17.8 Å². The highest BCUT2D eigenvalue weighted by molar-refractivity contribution is 7.89. The van der Waals surface area contributed by atoms with E-state index < -0.39 is 15.9 Å². The van der Waals surface area contributed by atoms with Crippen LogP contribution in [0, 0.1) is 0 Å². The van der Waals surface area contributed by atoms with E-state index in [0.29, 0.717) is 5.13 Å². The molecule has 130 valence electrons. The maximum Gasteiger partial charge on any atom is 0.257 e. The normalized spacial score (nSPS) is 11.7. The van der Waals surface area contributed by atoms with Crippen LogP contribution in [-0.4, -0.2) is 30.6 Å². The number of hydrogen-bond donors (Lipinski definition) is 2. The van der Waals surface area contributed by atoms with Gasteiger partial charge < -0.3 is 0 Å². The molecule has 2 rings (SSSR count). The minimum absolute atomic E-state index is 0.0489. The number of rotatable bonds is 7. The molecule has 0 bridgehead atoms. The zero-order valence-corrected chi connectivity index (χ0v) is 15.4. The molecule has 0 atom stereocenters. The van der Waals surface area contributed by atoms with E-state index in [1.807, 2.05) is 6.92 Å². The lowest BCUT2D eigenvalue weighted by atomic mass is 10.2. The second-order valence-corrected chi connectivity index (χ2v) is 8.28. The molecule has 24 heavy (non-hydrogen) atoms. The number of carbonyl (C=O) groups excluding carboxylic acids is 1. The smallest absolute Gasteiger partial charge is 0.257 e. The summed E-state index contributed by atoms with van der Waals surface area (Å²) in [5.74, 6) is -0.421. The molecule has 2 aromatic rings. The number of hydrogen-bond acceptors (Lipinski definition) is 6. The van der Waals surface area contributed by atoms with Gasteiger partial charge in [-0.15, -0.1) is 10.2 Å². The molecule has 1 amide bonds. The summed E-state index contributed by atoms with van der Waals surface area (Å²) in [6.45, 7) is 5.51. The number of sulfonamides is 1. The minimum Gasteiger partial charge on any atom is -0.296 e. The first-order valence-corrected chi connectivity index (χ1v) is 9.88. The molecule has 1 aromatic heterocycles. The first kappa shape index (κ1) is 18.5. The summed E-state index contributed by atoms with van der Waals surface area (Å²) < 4.78 is 26.9. The molecule has 0 aliphatic heterocycles. The molecule has 0 radical (unpaired) electrons. The Hall–Kier alpha value is -1.84. The molecule has 7 nitrogen and oxygen atoms in total. The quantitative estimate of drug-likeness (QED) is 0.782. The Morgan fingerprint density at radius 3 is 2.71 bits per heavy atom. The molecule has 2 N–H and O–H groups in total. The number of anilines is 1. The van der Waals surface area contributed by atoms with Crippen molar-refractivity contribution in [3.63, 3.8) is 0 Å².